The third kappa shape index (κ3) is 3.91. The Labute approximate surface area is 142 Å². The molecular formula is C17H26N6O. The number of aromatic nitrogens is 3. The molecule has 0 aromatic carbocycles. The number of nitrogens with one attached hydrogen (secondary N) is 1. The second kappa shape index (κ2) is 7.27. The Kier molecular flexibility index (Phi) is 5.11. The molecule has 0 spiro atoms. The van der Waals surface area contributed by atoms with Gasteiger partial charge in [-0.2, -0.15) is 0 Å². The first-order valence-electron chi connectivity index (χ1n) is 8.43. The topological polar surface area (TPSA) is 65.8 Å². The summed E-state index contributed by atoms with van der Waals surface area (Å²) in [6, 6.07) is 0.513. The molecule has 1 aliphatic rings. The maximum atomic E-state index is 12.6. The zero-order valence-corrected chi connectivity index (χ0v) is 14.6. The molecule has 2 atom stereocenters. The maximum Gasteiger partial charge on any atom is 0.224 e. The molecule has 2 aromatic heterocycles. The van der Waals surface area contributed by atoms with Crippen LogP contribution in [0.25, 0.3) is 5.65 Å². The van der Waals surface area contributed by atoms with Gasteiger partial charge in [0, 0.05) is 37.7 Å². The minimum atomic E-state index is 0.0404. The summed E-state index contributed by atoms with van der Waals surface area (Å²) in [5, 5.41) is 3.05. The average molecular weight is 330 g/mol. The van der Waals surface area contributed by atoms with Gasteiger partial charge in [0.15, 0.2) is 5.65 Å². The van der Waals surface area contributed by atoms with Crippen molar-refractivity contribution in [2.75, 3.05) is 34.2 Å². The van der Waals surface area contributed by atoms with E-state index in [9.17, 15) is 4.79 Å². The number of rotatable bonds is 4. The van der Waals surface area contributed by atoms with Crippen LogP contribution >= 0.6 is 0 Å². The Balaban J connectivity index is 1.58. The fourth-order valence-corrected chi connectivity index (χ4v) is 3.32. The fourth-order valence-electron chi connectivity index (χ4n) is 3.32. The summed E-state index contributed by atoms with van der Waals surface area (Å²) in [7, 11) is 6.31. The monoisotopic (exact) mass is 330 g/mol. The van der Waals surface area contributed by atoms with Gasteiger partial charge in [0.2, 0.25) is 5.91 Å². The predicted octanol–water partition coefficient (Wildman–Crippen LogP) is 0.617. The van der Waals surface area contributed by atoms with Crippen LogP contribution in [-0.4, -0.2) is 70.4 Å². The second-order valence-corrected chi connectivity index (χ2v) is 6.90. The molecule has 0 aliphatic carbocycles. The fraction of sp³-hybridized carbons (Fsp3) is 0.588. The second-order valence-electron chi connectivity index (χ2n) is 6.90. The lowest BCUT2D eigenvalue weighted by molar-refractivity contribution is -0.125. The van der Waals surface area contributed by atoms with Gasteiger partial charge < -0.3 is 19.5 Å². The molecule has 0 saturated carbocycles. The smallest absolute Gasteiger partial charge is 0.224 e. The molecule has 1 aliphatic heterocycles. The van der Waals surface area contributed by atoms with E-state index in [0.717, 1.165) is 37.3 Å². The Morgan fingerprint density at radius 1 is 1.38 bits per heavy atom. The predicted molar refractivity (Wildman–Crippen MR) is 92.5 cm³/mol. The van der Waals surface area contributed by atoms with E-state index in [1.807, 2.05) is 16.8 Å². The lowest BCUT2D eigenvalue weighted by atomic mass is 10.0. The molecule has 1 fully saturated rings. The quantitative estimate of drug-likeness (QED) is 0.890. The highest BCUT2D eigenvalue weighted by atomic mass is 16.1. The van der Waals surface area contributed by atoms with Crippen molar-refractivity contribution in [3.8, 4) is 0 Å². The van der Waals surface area contributed by atoms with E-state index in [-0.39, 0.29) is 11.8 Å². The molecule has 1 amide bonds. The molecule has 130 valence electrons. The molecule has 0 radical (unpaired) electrons. The molecule has 3 rings (SSSR count). The number of amides is 1. The minimum Gasteiger partial charge on any atom is -0.350 e. The number of likely N-dealkylation sites (tertiary alicyclic amines) is 1. The van der Waals surface area contributed by atoms with Crippen LogP contribution in [-0.2, 0) is 11.3 Å². The van der Waals surface area contributed by atoms with Crippen LogP contribution in [0.2, 0.25) is 0 Å². The van der Waals surface area contributed by atoms with Gasteiger partial charge >= 0.3 is 0 Å². The standard InChI is InChI=1S/C17H26N6O/c1-21(2)15-5-4-13(10-22(3)12-15)17(24)19-8-14-11-23-7-6-18-9-16(23)20-14/h6-7,9,11,13,15H,4-5,8,10,12H2,1-3H3,(H,19,24)/t13-,15+/m1/s1. The van der Waals surface area contributed by atoms with Gasteiger partial charge in [0.1, 0.15) is 0 Å². The minimum absolute atomic E-state index is 0.0404. The highest BCUT2D eigenvalue weighted by molar-refractivity contribution is 5.78. The molecule has 1 N–H and O–H groups in total. The first kappa shape index (κ1) is 16.9. The Morgan fingerprint density at radius 2 is 2.21 bits per heavy atom. The van der Waals surface area contributed by atoms with E-state index in [1.54, 1.807) is 12.4 Å². The number of hydrogen-bond donors (Lipinski definition) is 1. The van der Waals surface area contributed by atoms with Crippen molar-refractivity contribution < 1.29 is 4.79 Å². The first-order chi connectivity index (χ1) is 11.5. The van der Waals surface area contributed by atoms with Crippen molar-refractivity contribution in [2.24, 2.45) is 5.92 Å². The van der Waals surface area contributed by atoms with E-state index < -0.39 is 0 Å². The van der Waals surface area contributed by atoms with Gasteiger partial charge in [0.05, 0.1) is 24.4 Å². The van der Waals surface area contributed by atoms with Crippen LogP contribution in [0.5, 0.6) is 0 Å². The molecule has 7 heteroatoms. The summed E-state index contributed by atoms with van der Waals surface area (Å²) in [5.74, 6) is 0.162. The zero-order chi connectivity index (χ0) is 17.1. The van der Waals surface area contributed by atoms with Crippen molar-refractivity contribution in [3.05, 3.63) is 30.5 Å². The van der Waals surface area contributed by atoms with Crippen LogP contribution in [0.15, 0.2) is 24.8 Å². The molecule has 2 aromatic rings. The Morgan fingerprint density at radius 3 is 2.96 bits per heavy atom. The van der Waals surface area contributed by atoms with E-state index in [4.69, 9.17) is 0 Å². The van der Waals surface area contributed by atoms with Gasteiger partial charge in [-0.3, -0.25) is 9.78 Å². The van der Waals surface area contributed by atoms with Crippen molar-refractivity contribution >= 4 is 11.6 Å². The number of carbonyl (C=O) groups is 1. The number of nitrogens with zero attached hydrogens (tertiary/aromatic N) is 5. The van der Waals surface area contributed by atoms with Crippen LogP contribution < -0.4 is 5.32 Å². The van der Waals surface area contributed by atoms with Gasteiger partial charge in [-0.1, -0.05) is 0 Å². The first-order valence-corrected chi connectivity index (χ1v) is 8.43. The van der Waals surface area contributed by atoms with Crippen LogP contribution in [0, 0.1) is 5.92 Å². The van der Waals surface area contributed by atoms with Crippen molar-refractivity contribution in [1.29, 1.82) is 0 Å². The van der Waals surface area contributed by atoms with Gasteiger partial charge in [-0.15, -0.1) is 0 Å². The van der Waals surface area contributed by atoms with E-state index in [2.05, 4.69) is 46.2 Å². The molecule has 3 heterocycles. The van der Waals surface area contributed by atoms with Gasteiger partial charge in [0.25, 0.3) is 0 Å². The Hall–Kier alpha value is -1.99. The maximum absolute atomic E-state index is 12.6. The summed E-state index contributed by atoms with van der Waals surface area (Å²) in [6.07, 6.45) is 9.20. The largest absolute Gasteiger partial charge is 0.350 e. The highest BCUT2D eigenvalue weighted by Crippen LogP contribution is 2.18. The normalized spacial score (nSPS) is 22.7. The van der Waals surface area contributed by atoms with Gasteiger partial charge in [-0.25, -0.2) is 4.98 Å². The third-order valence-electron chi connectivity index (χ3n) is 4.76. The number of fused-ring (bicyclic) bond motifs is 1. The molecule has 0 bridgehead atoms. The molecule has 24 heavy (non-hydrogen) atoms. The van der Waals surface area contributed by atoms with Crippen molar-refractivity contribution in [1.82, 2.24) is 29.5 Å². The zero-order valence-electron chi connectivity index (χ0n) is 14.6. The lowest BCUT2D eigenvalue weighted by Crippen LogP contribution is -2.39. The van der Waals surface area contributed by atoms with Crippen LogP contribution in [0.1, 0.15) is 18.5 Å². The summed E-state index contributed by atoms with van der Waals surface area (Å²) < 4.78 is 1.91. The number of imidazole rings is 1. The number of hydrogen-bond acceptors (Lipinski definition) is 5. The van der Waals surface area contributed by atoms with Crippen molar-refractivity contribution in [2.45, 2.75) is 25.4 Å². The highest BCUT2D eigenvalue weighted by Gasteiger charge is 2.27. The molecule has 0 unspecified atom stereocenters. The number of likely N-dealkylation sites (N-methyl/N-ethyl adjacent to an activating group) is 2. The Bertz CT molecular complexity index is 664. The third-order valence-corrected chi connectivity index (χ3v) is 4.76. The summed E-state index contributed by atoms with van der Waals surface area (Å²) in [5.41, 5.74) is 1.65. The van der Waals surface area contributed by atoms with Crippen LogP contribution in [0.3, 0.4) is 0 Å². The summed E-state index contributed by atoms with van der Waals surface area (Å²) >= 11 is 0. The lowest BCUT2D eigenvalue weighted by Gasteiger charge is -2.25. The number of carbonyl (C=O) groups excluding carboxylic acids is 1. The van der Waals surface area contributed by atoms with E-state index >= 15 is 0 Å². The molecule has 1 saturated heterocycles. The van der Waals surface area contributed by atoms with Crippen LogP contribution in [0.4, 0.5) is 0 Å². The SMILES string of the molecule is CN1C[C@H](C(=O)NCc2cn3ccncc3n2)CC[C@H](N(C)C)C1. The van der Waals surface area contributed by atoms with E-state index in [1.165, 1.54) is 0 Å². The summed E-state index contributed by atoms with van der Waals surface area (Å²) in [4.78, 5) is 25.6. The average Bonchev–Trinajstić information content (AvgIpc) is 2.86. The molecular weight excluding hydrogens is 304 g/mol. The molecule has 7 nitrogen and oxygen atoms in total. The summed E-state index contributed by atoms with van der Waals surface area (Å²) in [6.45, 7) is 2.28. The van der Waals surface area contributed by atoms with Crippen molar-refractivity contribution in [3.63, 3.8) is 0 Å². The van der Waals surface area contributed by atoms with E-state index in [0.29, 0.717) is 12.6 Å². The van der Waals surface area contributed by atoms with Gasteiger partial charge in [-0.05, 0) is 34.0 Å².